The second kappa shape index (κ2) is 4.14. The maximum absolute atomic E-state index is 12.3. The van der Waals surface area contributed by atoms with Crippen molar-refractivity contribution in [3.8, 4) is 0 Å². The molecule has 0 aromatic carbocycles. The standard InChI is InChI=1S/C10H18N2O2S2/c1-9(15-5)7(13)12(4)10(2,16-6)8(14)11(9)3/h1-6H3/t9-,10-/m1/s1. The van der Waals surface area contributed by atoms with Gasteiger partial charge in [-0.1, -0.05) is 0 Å². The van der Waals surface area contributed by atoms with Crippen LogP contribution in [0.25, 0.3) is 0 Å². The molecule has 0 bridgehead atoms. The number of hydrogen-bond donors (Lipinski definition) is 0. The fourth-order valence-corrected chi connectivity index (χ4v) is 3.08. The molecule has 92 valence electrons. The molecule has 0 spiro atoms. The van der Waals surface area contributed by atoms with Crippen LogP contribution < -0.4 is 0 Å². The Morgan fingerprint density at radius 3 is 1.31 bits per heavy atom. The molecule has 1 saturated heterocycles. The van der Waals surface area contributed by atoms with Gasteiger partial charge in [0.25, 0.3) is 11.8 Å². The quantitative estimate of drug-likeness (QED) is 0.746. The fourth-order valence-electron chi connectivity index (χ4n) is 1.75. The molecule has 0 N–H and O–H groups in total. The van der Waals surface area contributed by atoms with Gasteiger partial charge in [0.05, 0.1) is 0 Å². The Morgan fingerprint density at radius 1 is 0.875 bits per heavy atom. The summed E-state index contributed by atoms with van der Waals surface area (Å²) in [5.41, 5.74) is 0. The van der Waals surface area contributed by atoms with E-state index in [0.29, 0.717) is 0 Å². The number of carbonyl (C=O) groups excluding carboxylic acids is 2. The molecular weight excluding hydrogens is 244 g/mol. The number of hydrogen-bond acceptors (Lipinski definition) is 4. The lowest BCUT2D eigenvalue weighted by atomic mass is 10.1. The Balaban J connectivity index is 3.25. The van der Waals surface area contributed by atoms with E-state index in [-0.39, 0.29) is 11.8 Å². The van der Waals surface area contributed by atoms with Crippen LogP contribution in [0.1, 0.15) is 13.8 Å². The number of rotatable bonds is 2. The number of thioether (sulfide) groups is 2. The number of likely N-dealkylation sites (N-methyl/N-ethyl adjacent to an activating group) is 2. The molecule has 0 unspecified atom stereocenters. The van der Waals surface area contributed by atoms with E-state index in [4.69, 9.17) is 0 Å². The summed E-state index contributed by atoms with van der Waals surface area (Å²) < 4.78 is 0. The van der Waals surface area contributed by atoms with Gasteiger partial charge in [-0.2, -0.15) is 0 Å². The molecule has 2 atom stereocenters. The van der Waals surface area contributed by atoms with E-state index in [2.05, 4.69) is 0 Å². The van der Waals surface area contributed by atoms with Crippen LogP contribution in [0, 0.1) is 0 Å². The van der Waals surface area contributed by atoms with Crippen LogP contribution >= 0.6 is 23.5 Å². The van der Waals surface area contributed by atoms with Crippen LogP contribution in [0.5, 0.6) is 0 Å². The van der Waals surface area contributed by atoms with Gasteiger partial charge in [-0.3, -0.25) is 9.59 Å². The van der Waals surface area contributed by atoms with Crippen LogP contribution in [0.3, 0.4) is 0 Å². The maximum Gasteiger partial charge on any atom is 0.260 e. The van der Waals surface area contributed by atoms with Gasteiger partial charge < -0.3 is 9.80 Å². The molecule has 16 heavy (non-hydrogen) atoms. The molecule has 1 rings (SSSR count). The highest BCUT2D eigenvalue weighted by molar-refractivity contribution is 8.01. The largest absolute Gasteiger partial charge is 0.320 e. The van der Waals surface area contributed by atoms with E-state index in [1.165, 1.54) is 23.5 Å². The summed E-state index contributed by atoms with van der Waals surface area (Å²) in [5.74, 6) is -0.0575. The molecule has 1 heterocycles. The highest BCUT2D eigenvalue weighted by Crippen LogP contribution is 2.41. The molecule has 1 fully saturated rings. The number of amides is 2. The zero-order valence-corrected chi connectivity index (χ0v) is 12.2. The molecule has 6 heteroatoms. The minimum Gasteiger partial charge on any atom is -0.320 e. The van der Waals surface area contributed by atoms with E-state index in [0.717, 1.165) is 0 Å². The SMILES string of the molecule is CS[C@]1(C)C(=O)N(C)[C@](C)(SC)C(=O)N1C. The summed E-state index contributed by atoms with van der Waals surface area (Å²) in [6.45, 7) is 3.57. The van der Waals surface area contributed by atoms with Crippen molar-refractivity contribution in [1.29, 1.82) is 0 Å². The van der Waals surface area contributed by atoms with Gasteiger partial charge in [0.1, 0.15) is 0 Å². The predicted molar refractivity (Wildman–Crippen MR) is 69.4 cm³/mol. The molecule has 0 aromatic heterocycles. The zero-order valence-electron chi connectivity index (χ0n) is 10.5. The average Bonchev–Trinajstić information content (AvgIpc) is 2.31. The Hall–Kier alpha value is -0.360. The minimum absolute atomic E-state index is 0.0287. The van der Waals surface area contributed by atoms with Crippen LogP contribution in [0.15, 0.2) is 0 Å². The lowest BCUT2D eigenvalue weighted by Gasteiger charge is -2.51. The van der Waals surface area contributed by atoms with Crippen LogP contribution in [0.4, 0.5) is 0 Å². The first-order valence-electron chi connectivity index (χ1n) is 4.92. The third-order valence-corrected chi connectivity index (χ3v) is 5.96. The lowest BCUT2D eigenvalue weighted by molar-refractivity contribution is -0.161. The molecule has 0 aromatic rings. The predicted octanol–water partition coefficient (Wildman–Crippen LogP) is 1.08. The molecule has 0 aliphatic carbocycles. The van der Waals surface area contributed by atoms with Gasteiger partial charge >= 0.3 is 0 Å². The summed E-state index contributed by atoms with van der Waals surface area (Å²) in [5, 5.41) is 0. The number of carbonyl (C=O) groups is 2. The lowest BCUT2D eigenvalue weighted by Crippen LogP contribution is -2.70. The van der Waals surface area contributed by atoms with Crippen LogP contribution in [-0.4, -0.2) is 58.0 Å². The Bertz CT molecular complexity index is 305. The van der Waals surface area contributed by atoms with Crippen molar-refractivity contribution in [2.24, 2.45) is 0 Å². The summed E-state index contributed by atoms with van der Waals surface area (Å²) in [4.78, 5) is 26.1. The second-order valence-electron chi connectivity index (χ2n) is 4.10. The van der Waals surface area contributed by atoms with Crippen molar-refractivity contribution in [3.05, 3.63) is 0 Å². The molecule has 1 aliphatic rings. The van der Waals surface area contributed by atoms with E-state index < -0.39 is 9.74 Å². The van der Waals surface area contributed by atoms with Crippen LogP contribution in [-0.2, 0) is 9.59 Å². The highest BCUT2D eigenvalue weighted by atomic mass is 32.2. The summed E-state index contributed by atoms with van der Waals surface area (Å²) in [6, 6.07) is 0. The summed E-state index contributed by atoms with van der Waals surface area (Å²) in [7, 11) is 3.39. The third kappa shape index (κ3) is 1.54. The van der Waals surface area contributed by atoms with Gasteiger partial charge in [-0.25, -0.2) is 0 Å². The van der Waals surface area contributed by atoms with Gasteiger partial charge in [0, 0.05) is 14.1 Å². The molecule has 4 nitrogen and oxygen atoms in total. The number of nitrogens with zero attached hydrogens (tertiary/aromatic N) is 2. The molecular formula is C10H18N2O2S2. The highest BCUT2D eigenvalue weighted by Gasteiger charge is 2.56. The van der Waals surface area contributed by atoms with E-state index in [1.54, 1.807) is 37.7 Å². The van der Waals surface area contributed by atoms with Crippen molar-refractivity contribution >= 4 is 35.3 Å². The minimum atomic E-state index is -0.791. The first-order chi connectivity index (χ1) is 7.25. The van der Waals surface area contributed by atoms with Gasteiger partial charge in [-0.05, 0) is 26.4 Å². The molecule has 1 aliphatic heterocycles. The van der Waals surface area contributed by atoms with Gasteiger partial charge in [0.15, 0.2) is 9.74 Å². The van der Waals surface area contributed by atoms with Crippen molar-refractivity contribution < 1.29 is 9.59 Å². The Labute approximate surface area is 105 Å². The molecule has 0 radical (unpaired) electrons. The topological polar surface area (TPSA) is 40.6 Å². The van der Waals surface area contributed by atoms with Crippen molar-refractivity contribution in [2.45, 2.75) is 23.6 Å². The van der Waals surface area contributed by atoms with Crippen LogP contribution in [0.2, 0.25) is 0 Å². The summed E-state index contributed by atoms with van der Waals surface area (Å²) >= 11 is 2.78. The second-order valence-corrected chi connectivity index (χ2v) is 6.51. The number of piperazine rings is 1. The van der Waals surface area contributed by atoms with Gasteiger partial charge in [0.2, 0.25) is 0 Å². The average molecular weight is 262 g/mol. The molecule has 2 amide bonds. The third-order valence-electron chi connectivity index (χ3n) is 3.48. The monoisotopic (exact) mass is 262 g/mol. The summed E-state index contributed by atoms with van der Waals surface area (Å²) in [6.07, 6.45) is 3.69. The normalized spacial score (nSPS) is 35.9. The van der Waals surface area contributed by atoms with Crippen molar-refractivity contribution in [1.82, 2.24) is 9.80 Å². The van der Waals surface area contributed by atoms with E-state index in [9.17, 15) is 9.59 Å². The maximum atomic E-state index is 12.3. The van der Waals surface area contributed by atoms with E-state index >= 15 is 0 Å². The van der Waals surface area contributed by atoms with Gasteiger partial charge in [-0.15, -0.1) is 23.5 Å². The fraction of sp³-hybridized carbons (Fsp3) is 0.800. The van der Waals surface area contributed by atoms with Crippen molar-refractivity contribution in [2.75, 3.05) is 26.6 Å². The van der Waals surface area contributed by atoms with E-state index in [1.807, 2.05) is 12.5 Å². The molecule has 0 saturated carbocycles. The first-order valence-corrected chi connectivity index (χ1v) is 7.37. The first kappa shape index (κ1) is 13.7. The Morgan fingerprint density at radius 2 is 1.12 bits per heavy atom. The smallest absolute Gasteiger partial charge is 0.260 e. The Kier molecular flexibility index (Phi) is 3.55. The zero-order chi connectivity index (χ0) is 12.7. The van der Waals surface area contributed by atoms with Crippen molar-refractivity contribution in [3.63, 3.8) is 0 Å².